The number of rotatable bonds is 5. The lowest BCUT2D eigenvalue weighted by Gasteiger charge is -2.13. The number of para-hydroxylation sites is 2. The van der Waals surface area contributed by atoms with Crippen molar-refractivity contribution in [1.82, 2.24) is 10.2 Å². The molecule has 0 saturated carbocycles. The van der Waals surface area contributed by atoms with Crippen molar-refractivity contribution in [2.24, 2.45) is 5.92 Å². The molecular weight excluding hydrogens is 320 g/mol. The van der Waals surface area contributed by atoms with E-state index in [0.29, 0.717) is 11.5 Å². The van der Waals surface area contributed by atoms with Crippen molar-refractivity contribution in [3.8, 4) is 11.5 Å². The molecule has 25 heavy (non-hydrogen) atoms. The zero-order valence-electron chi connectivity index (χ0n) is 13.8. The molecule has 6 heteroatoms. The number of nitrogens with zero attached hydrogens (tertiary/aromatic N) is 1. The molecule has 2 aromatic rings. The third-order valence-corrected chi connectivity index (χ3v) is 4.04. The molecule has 0 spiro atoms. The Hall–Kier alpha value is -3.15. The molecule has 2 aromatic carbocycles. The second-order valence-corrected chi connectivity index (χ2v) is 5.84. The zero-order chi connectivity index (χ0) is 17.8. The van der Waals surface area contributed by atoms with Crippen molar-refractivity contribution >= 4 is 17.6 Å². The number of benzene rings is 2. The van der Waals surface area contributed by atoms with E-state index in [0.717, 1.165) is 5.56 Å². The summed E-state index contributed by atoms with van der Waals surface area (Å²) >= 11 is 0. The van der Waals surface area contributed by atoms with Gasteiger partial charge in [-0.1, -0.05) is 36.4 Å². The van der Waals surface area contributed by atoms with Crippen molar-refractivity contribution in [2.75, 3.05) is 13.6 Å². The van der Waals surface area contributed by atoms with Crippen LogP contribution in [0.4, 0.5) is 0 Å². The maximum Gasteiger partial charge on any atom is 0.290 e. The number of carbonyl (C=O) groups excluding carboxylic acids is 3. The predicted molar refractivity (Wildman–Crippen MR) is 90.9 cm³/mol. The largest absolute Gasteiger partial charge is 0.457 e. The van der Waals surface area contributed by atoms with E-state index in [1.54, 1.807) is 0 Å². The standard InChI is InChI=1S/C19H18N2O4/c1-21-12-15(17(22)19(21)24)18(23)20-11-13-7-5-6-10-16(13)25-14-8-3-2-4-9-14/h2-10,15H,11-12H2,1H3,(H,20,23). The average molecular weight is 338 g/mol. The zero-order valence-corrected chi connectivity index (χ0v) is 13.8. The van der Waals surface area contributed by atoms with Gasteiger partial charge in [0, 0.05) is 25.7 Å². The van der Waals surface area contributed by atoms with Crippen LogP contribution >= 0.6 is 0 Å². The van der Waals surface area contributed by atoms with Crippen LogP contribution in [0.5, 0.6) is 11.5 Å². The number of hydrogen-bond acceptors (Lipinski definition) is 4. The molecule has 1 aliphatic heterocycles. The lowest BCUT2D eigenvalue weighted by Crippen LogP contribution is -2.35. The van der Waals surface area contributed by atoms with Gasteiger partial charge in [-0.15, -0.1) is 0 Å². The predicted octanol–water partition coefficient (Wildman–Crippen LogP) is 1.75. The van der Waals surface area contributed by atoms with Gasteiger partial charge in [-0.05, 0) is 18.2 Å². The van der Waals surface area contributed by atoms with Crippen LogP contribution in [0.2, 0.25) is 0 Å². The van der Waals surface area contributed by atoms with Gasteiger partial charge in [0.25, 0.3) is 5.91 Å². The Morgan fingerprint density at radius 3 is 2.48 bits per heavy atom. The van der Waals surface area contributed by atoms with E-state index in [2.05, 4.69) is 5.32 Å². The number of likely N-dealkylation sites (tertiary alicyclic amines) is 1. The minimum atomic E-state index is -0.945. The number of hydrogen-bond donors (Lipinski definition) is 1. The van der Waals surface area contributed by atoms with Crippen LogP contribution in [-0.2, 0) is 20.9 Å². The molecule has 2 amide bonds. The Bertz CT molecular complexity index is 804. The van der Waals surface area contributed by atoms with Crippen LogP contribution in [0.15, 0.2) is 54.6 Å². The molecule has 1 N–H and O–H groups in total. The van der Waals surface area contributed by atoms with Crippen molar-refractivity contribution in [1.29, 1.82) is 0 Å². The van der Waals surface area contributed by atoms with E-state index in [-0.39, 0.29) is 13.1 Å². The quantitative estimate of drug-likeness (QED) is 0.666. The summed E-state index contributed by atoms with van der Waals surface area (Å²) in [5.74, 6) is -1.35. The summed E-state index contributed by atoms with van der Waals surface area (Å²) in [5.41, 5.74) is 0.782. The summed E-state index contributed by atoms with van der Waals surface area (Å²) in [7, 11) is 1.51. The van der Waals surface area contributed by atoms with Gasteiger partial charge in [0.05, 0.1) is 0 Å². The monoisotopic (exact) mass is 338 g/mol. The maximum atomic E-state index is 12.2. The summed E-state index contributed by atoms with van der Waals surface area (Å²) in [5, 5.41) is 2.72. The van der Waals surface area contributed by atoms with Crippen molar-refractivity contribution in [3.63, 3.8) is 0 Å². The number of Topliss-reactive ketones (excluding diaryl/α,β-unsaturated/α-hetero) is 1. The lowest BCUT2D eigenvalue weighted by atomic mass is 10.1. The lowest BCUT2D eigenvalue weighted by molar-refractivity contribution is -0.142. The highest BCUT2D eigenvalue weighted by Crippen LogP contribution is 2.25. The third kappa shape index (κ3) is 3.68. The third-order valence-electron chi connectivity index (χ3n) is 4.04. The molecule has 0 aliphatic carbocycles. The van der Waals surface area contributed by atoms with Crippen LogP contribution in [0, 0.1) is 5.92 Å². The maximum absolute atomic E-state index is 12.2. The van der Waals surface area contributed by atoms with Gasteiger partial charge in [-0.3, -0.25) is 14.4 Å². The molecule has 0 bridgehead atoms. The van der Waals surface area contributed by atoms with Crippen LogP contribution < -0.4 is 10.1 Å². The van der Waals surface area contributed by atoms with Crippen molar-refractivity contribution in [2.45, 2.75) is 6.54 Å². The Morgan fingerprint density at radius 1 is 1.12 bits per heavy atom. The second kappa shape index (κ2) is 7.17. The van der Waals surface area contributed by atoms with Gasteiger partial charge < -0.3 is 15.0 Å². The number of amides is 2. The van der Waals surface area contributed by atoms with Crippen LogP contribution in [0.3, 0.4) is 0 Å². The van der Waals surface area contributed by atoms with Gasteiger partial charge in [0.15, 0.2) is 0 Å². The summed E-state index contributed by atoms with van der Waals surface area (Å²) in [6, 6.07) is 16.7. The summed E-state index contributed by atoms with van der Waals surface area (Å²) in [4.78, 5) is 36.8. The Balaban J connectivity index is 1.67. The van der Waals surface area contributed by atoms with Gasteiger partial charge in [0.2, 0.25) is 11.7 Å². The van der Waals surface area contributed by atoms with E-state index in [4.69, 9.17) is 4.74 Å². The fraction of sp³-hybridized carbons (Fsp3) is 0.211. The first kappa shape index (κ1) is 16.7. The van der Waals surface area contributed by atoms with E-state index in [9.17, 15) is 14.4 Å². The highest BCUT2D eigenvalue weighted by molar-refractivity contribution is 6.42. The fourth-order valence-corrected chi connectivity index (χ4v) is 2.65. The molecule has 128 valence electrons. The van der Waals surface area contributed by atoms with E-state index >= 15 is 0 Å². The average Bonchev–Trinajstić information content (AvgIpc) is 2.89. The van der Waals surface area contributed by atoms with E-state index in [1.165, 1.54) is 11.9 Å². The molecule has 1 saturated heterocycles. The molecule has 1 unspecified atom stereocenters. The molecule has 1 atom stereocenters. The first-order valence-corrected chi connectivity index (χ1v) is 7.94. The van der Waals surface area contributed by atoms with Crippen LogP contribution in [0.1, 0.15) is 5.56 Å². The Morgan fingerprint density at radius 2 is 1.80 bits per heavy atom. The second-order valence-electron chi connectivity index (χ2n) is 5.84. The molecule has 1 heterocycles. The number of ether oxygens (including phenoxy) is 1. The molecule has 1 aliphatic rings. The smallest absolute Gasteiger partial charge is 0.290 e. The van der Waals surface area contributed by atoms with E-state index < -0.39 is 23.5 Å². The Kier molecular flexibility index (Phi) is 4.79. The van der Waals surface area contributed by atoms with Gasteiger partial charge in [-0.2, -0.15) is 0 Å². The molecule has 3 rings (SSSR count). The van der Waals surface area contributed by atoms with Gasteiger partial charge in [-0.25, -0.2) is 0 Å². The summed E-state index contributed by atoms with van der Waals surface area (Å²) < 4.78 is 5.84. The minimum Gasteiger partial charge on any atom is -0.457 e. The number of nitrogens with one attached hydrogen (secondary N) is 1. The van der Waals surface area contributed by atoms with Gasteiger partial charge >= 0.3 is 0 Å². The SMILES string of the molecule is CN1CC(C(=O)NCc2ccccc2Oc2ccccc2)C(=O)C1=O. The first-order valence-electron chi connectivity index (χ1n) is 7.94. The molecule has 0 radical (unpaired) electrons. The molecule has 6 nitrogen and oxygen atoms in total. The highest BCUT2D eigenvalue weighted by atomic mass is 16.5. The van der Waals surface area contributed by atoms with Crippen molar-refractivity contribution < 1.29 is 19.1 Å². The van der Waals surface area contributed by atoms with E-state index in [1.807, 2.05) is 54.6 Å². The molecule has 0 aromatic heterocycles. The molecular formula is C19H18N2O4. The fourth-order valence-electron chi connectivity index (χ4n) is 2.65. The normalized spacial score (nSPS) is 16.8. The minimum absolute atomic E-state index is 0.117. The molecule has 1 fully saturated rings. The van der Waals surface area contributed by atoms with Crippen LogP contribution in [0.25, 0.3) is 0 Å². The summed E-state index contributed by atoms with van der Waals surface area (Å²) in [6.07, 6.45) is 0. The van der Waals surface area contributed by atoms with Gasteiger partial charge in [0.1, 0.15) is 17.4 Å². The highest BCUT2D eigenvalue weighted by Gasteiger charge is 2.41. The number of likely N-dealkylation sites (N-methyl/N-ethyl adjacent to an activating group) is 1. The van der Waals surface area contributed by atoms with Crippen molar-refractivity contribution in [3.05, 3.63) is 60.2 Å². The Labute approximate surface area is 145 Å². The summed E-state index contributed by atoms with van der Waals surface area (Å²) in [6.45, 7) is 0.329. The number of ketones is 1. The first-order chi connectivity index (χ1) is 12.1. The number of carbonyl (C=O) groups is 3. The topological polar surface area (TPSA) is 75.7 Å². The van der Waals surface area contributed by atoms with Crippen LogP contribution in [-0.4, -0.2) is 36.1 Å².